The predicted molar refractivity (Wildman–Crippen MR) is 70.9 cm³/mol. The van der Waals surface area contributed by atoms with Crippen LogP contribution in [0.1, 0.15) is 12.8 Å². The Hall–Kier alpha value is -1.88. The average molecular weight is 281 g/mol. The topological polar surface area (TPSA) is 79.3 Å². The van der Waals surface area contributed by atoms with Crippen LogP contribution in [0.2, 0.25) is 5.15 Å². The Kier molecular flexibility index (Phi) is 4.16. The molecule has 1 aliphatic carbocycles. The number of hydrogen-bond donors (Lipinski definition) is 2. The van der Waals surface area contributed by atoms with Gasteiger partial charge in [-0.05, 0) is 25.0 Å². The average Bonchev–Trinajstić information content (AvgIpc) is 2.41. The summed E-state index contributed by atoms with van der Waals surface area (Å²) in [5.74, 6) is -2.58. The Morgan fingerprint density at radius 3 is 2.63 bits per heavy atom. The van der Waals surface area contributed by atoms with Crippen molar-refractivity contribution in [1.82, 2.24) is 4.98 Å². The zero-order valence-corrected chi connectivity index (χ0v) is 10.8. The molecule has 5 nitrogen and oxygen atoms in total. The van der Waals surface area contributed by atoms with E-state index in [0.717, 1.165) is 0 Å². The van der Waals surface area contributed by atoms with Crippen LogP contribution in [0, 0.1) is 11.8 Å². The van der Waals surface area contributed by atoms with Gasteiger partial charge in [-0.3, -0.25) is 9.59 Å². The number of anilines is 1. The first-order chi connectivity index (χ1) is 9.09. The fraction of sp³-hybridized carbons (Fsp3) is 0.308. The molecule has 2 unspecified atom stereocenters. The second kappa shape index (κ2) is 5.84. The van der Waals surface area contributed by atoms with Gasteiger partial charge in [-0.15, -0.1) is 0 Å². The third-order valence-corrected chi connectivity index (χ3v) is 3.40. The Bertz CT molecular complexity index is 530. The minimum Gasteiger partial charge on any atom is -0.481 e. The van der Waals surface area contributed by atoms with Gasteiger partial charge < -0.3 is 10.4 Å². The number of halogens is 1. The largest absolute Gasteiger partial charge is 0.481 e. The Morgan fingerprint density at radius 2 is 2.00 bits per heavy atom. The fourth-order valence-corrected chi connectivity index (χ4v) is 2.25. The third kappa shape index (κ3) is 3.12. The van der Waals surface area contributed by atoms with Crippen molar-refractivity contribution in [1.29, 1.82) is 0 Å². The molecule has 0 radical (unpaired) electrons. The number of carboxylic acid groups (broad SMARTS) is 1. The summed E-state index contributed by atoms with van der Waals surface area (Å²) in [6, 6.07) is 3.28. The number of carbonyl (C=O) groups is 2. The molecule has 19 heavy (non-hydrogen) atoms. The molecule has 0 aromatic carbocycles. The van der Waals surface area contributed by atoms with Crippen LogP contribution in [-0.2, 0) is 9.59 Å². The van der Waals surface area contributed by atoms with Crippen LogP contribution in [-0.4, -0.2) is 22.0 Å². The number of rotatable bonds is 3. The van der Waals surface area contributed by atoms with Crippen LogP contribution in [0.5, 0.6) is 0 Å². The normalized spacial score (nSPS) is 21.9. The maximum atomic E-state index is 12.1. The molecule has 100 valence electrons. The number of pyridine rings is 1. The Labute approximate surface area is 115 Å². The predicted octanol–water partition coefficient (Wildman–Crippen LogP) is 2.34. The lowest BCUT2D eigenvalue weighted by Crippen LogP contribution is -2.34. The molecular formula is C13H13ClN2O3. The van der Waals surface area contributed by atoms with Gasteiger partial charge in [-0.2, -0.15) is 0 Å². The van der Waals surface area contributed by atoms with Gasteiger partial charge in [-0.1, -0.05) is 23.8 Å². The van der Waals surface area contributed by atoms with Gasteiger partial charge in [0.2, 0.25) is 5.91 Å². The summed E-state index contributed by atoms with van der Waals surface area (Å²) >= 11 is 5.85. The third-order valence-electron chi connectivity index (χ3n) is 3.10. The van der Waals surface area contributed by atoms with Gasteiger partial charge in [0.05, 0.1) is 17.5 Å². The molecule has 0 bridgehead atoms. The number of carboxylic acids is 1. The Morgan fingerprint density at radius 1 is 1.32 bits per heavy atom. The van der Waals surface area contributed by atoms with Crippen molar-refractivity contribution in [2.45, 2.75) is 12.8 Å². The Balaban J connectivity index is 2.13. The molecule has 2 N–H and O–H groups in total. The van der Waals surface area contributed by atoms with Crippen molar-refractivity contribution in [2.75, 3.05) is 5.32 Å². The molecule has 0 spiro atoms. The van der Waals surface area contributed by atoms with Crippen molar-refractivity contribution < 1.29 is 14.7 Å². The summed E-state index contributed by atoms with van der Waals surface area (Å²) in [4.78, 5) is 27.1. The first-order valence-electron chi connectivity index (χ1n) is 5.88. The molecular weight excluding hydrogens is 268 g/mol. The number of aliphatic carboxylic acids is 1. The molecule has 0 saturated heterocycles. The highest BCUT2D eigenvalue weighted by Gasteiger charge is 2.34. The summed E-state index contributed by atoms with van der Waals surface area (Å²) in [7, 11) is 0. The second-order valence-corrected chi connectivity index (χ2v) is 4.68. The molecule has 2 atom stereocenters. The van der Waals surface area contributed by atoms with Crippen molar-refractivity contribution in [2.24, 2.45) is 11.8 Å². The summed E-state index contributed by atoms with van der Waals surface area (Å²) in [6.07, 6.45) is 5.92. The first-order valence-corrected chi connectivity index (χ1v) is 6.26. The number of hydrogen-bond acceptors (Lipinski definition) is 3. The number of carbonyl (C=O) groups excluding carboxylic acids is 1. The molecule has 1 heterocycles. The summed E-state index contributed by atoms with van der Waals surface area (Å²) in [5.41, 5.74) is 0.396. The molecule has 1 aromatic heterocycles. The molecule has 2 rings (SSSR count). The van der Waals surface area contributed by atoms with E-state index in [2.05, 4.69) is 10.3 Å². The molecule has 0 aliphatic heterocycles. The van der Waals surface area contributed by atoms with E-state index in [1.54, 1.807) is 18.2 Å². The maximum absolute atomic E-state index is 12.1. The van der Waals surface area contributed by atoms with Gasteiger partial charge in [0.25, 0.3) is 0 Å². The van der Waals surface area contributed by atoms with Crippen LogP contribution >= 0.6 is 11.6 Å². The summed E-state index contributed by atoms with van der Waals surface area (Å²) in [5, 5.41) is 11.9. The van der Waals surface area contributed by atoms with Crippen LogP contribution < -0.4 is 5.32 Å². The van der Waals surface area contributed by atoms with E-state index < -0.39 is 17.8 Å². The first kappa shape index (κ1) is 13.5. The highest BCUT2D eigenvalue weighted by molar-refractivity contribution is 6.32. The van der Waals surface area contributed by atoms with Crippen LogP contribution in [0.4, 0.5) is 5.69 Å². The van der Waals surface area contributed by atoms with Crippen molar-refractivity contribution in [3.8, 4) is 0 Å². The second-order valence-electron chi connectivity index (χ2n) is 4.33. The van der Waals surface area contributed by atoms with Crippen LogP contribution in [0.25, 0.3) is 0 Å². The van der Waals surface area contributed by atoms with Crippen molar-refractivity contribution >= 4 is 29.2 Å². The zero-order chi connectivity index (χ0) is 13.8. The quantitative estimate of drug-likeness (QED) is 0.658. The van der Waals surface area contributed by atoms with E-state index in [0.29, 0.717) is 18.5 Å². The summed E-state index contributed by atoms with van der Waals surface area (Å²) < 4.78 is 0. The van der Waals surface area contributed by atoms with Crippen molar-refractivity contribution in [3.05, 3.63) is 35.6 Å². The molecule has 1 aliphatic rings. The smallest absolute Gasteiger partial charge is 0.307 e. The number of aromatic nitrogens is 1. The SMILES string of the molecule is O=C(O)C1CC=CCC1C(=O)Nc1cccnc1Cl. The number of allylic oxidation sites excluding steroid dienone is 2. The van der Waals surface area contributed by atoms with Crippen LogP contribution in [0.15, 0.2) is 30.5 Å². The number of nitrogens with one attached hydrogen (secondary N) is 1. The standard InChI is InChI=1S/C13H13ClN2O3/c14-11-10(6-3-7-15-11)16-12(17)8-4-1-2-5-9(8)13(18)19/h1-3,6-9H,4-5H2,(H,16,17)(H,18,19). The maximum Gasteiger partial charge on any atom is 0.307 e. The van der Waals surface area contributed by atoms with E-state index >= 15 is 0 Å². The van der Waals surface area contributed by atoms with E-state index in [4.69, 9.17) is 16.7 Å². The minimum absolute atomic E-state index is 0.189. The lowest BCUT2D eigenvalue weighted by molar-refractivity contribution is -0.146. The molecule has 0 fully saturated rings. The van der Waals surface area contributed by atoms with Gasteiger partial charge in [-0.25, -0.2) is 4.98 Å². The van der Waals surface area contributed by atoms with E-state index in [9.17, 15) is 9.59 Å². The highest BCUT2D eigenvalue weighted by atomic mass is 35.5. The summed E-state index contributed by atoms with van der Waals surface area (Å²) in [6.45, 7) is 0. The fourth-order valence-electron chi connectivity index (χ4n) is 2.08. The highest BCUT2D eigenvalue weighted by Crippen LogP contribution is 2.28. The number of nitrogens with zero attached hydrogens (tertiary/aromatic N) is 1. The molecule has 6 heteroatoms. The number of amides is 1. The van der Waals surface area contributed by atoms with Gasteiger partial charge in [0.1, 0.15) is 0 Å². The van der Waals surface area contributed by atoms with Crippen LogP contribution in [0.3, 0.4) is 0 Å². The van der Waals surface area contributed by atoms with Gasteiger partial charge >= 0.3 is 5.97 Å². The minimum atomic E-state index is -0.957. The van der Waals surface area contributed by atoms with E-state index in [1.807, 2.05) is 6.08 Å². The monoisotopic (exact) mass is 280 g/mol. The molecule has 0 saturated carbocycles. The van der Waals surface area contributed by atoms with Gasteiger partial charge in [0.15, 0.2) is 5.15 Å². The molecule has 1 aromatic rings. The lowest BCUT2D eigenvalue weighted by atomic mass is 9.82. The van der Waals surface area contributed by atoms with E-state index in [-0.39, 0.29) is 11.1 Å². The zero-order valence-electron chi connectivity index (χ0n) is 10.0. The van der Waals surface area contributed by atoms with Crippen molar-refractivity contribution in [3.63, 3.8) is 0 Å². The molecule has 1 amide bonds. The van der Waals surface area contributed by atoms with E-state index in [1.165, 1.54) is 6.20 Å². The van der Waals surface area contributed by atoms with Gasteiger partial charge in [0, 0.05) is 6.20 Å². The lowest BCUT2D eigenvalue weighted by Gasteiger charge is -2.24.